The highest BCUT2D eigenvalue weighted by atomic mass is 16.7. The Morgan fingerprint density at radius 1 is 0.903 bits per heavy atom. The molecule has 2 heterocycles. The Kier molecular flexibility index (Phi) is 4.98. The van der Waals surface area contributed by atoms with Crippen LogP contribution in [0.15, 0.2) is 83.4 Å². The Balaban J connectivity index is 1.19. The summed E-state index contributed by atoms with van der Waals surface area (Å²) in [6.07, 6.45) is 0.0936. The van der Waals surface area contributed by atoms with E-state index in [1.807, 2.05) is 48.5 Å². The van der Waals surface area contributed by atoms with Crippen LogP contribution in [0.4, 0.5) is 5.69 Å². The highest BCUT2D eigenvalue weighted by Gasteiger charge is 2.16. The number of carbonyl (C=O) groups is 1. The van der Waals surface area contributed by atoms with Gasteiger partial charge in [0.05, 0.1) is 12.1 Å². The number of nitrogens with one attached hydrogen (secondary N) is 1. The van der Waals surface area contributed by atoms with Gasteiger partial charge in [-0.25, -0.2) is 0 Å². The van der Waals surface area contributed by atoms with E-state index in [4.69, 9.17) is 18.7 Å². The third-order valence-electron chi connectivity index (χ3n) is 4.67. The molecule has 1 N–H and O–H groups in total. The van der Waals surface area contributed by atoms with Crippen molar-refractivity contribution in [2.45, 2.75) is 6.42 Å². The van der Waals surface area contributed by atoms with Crippen molar-refractivity contribution in [3.8, 4) is 34.3 Å². The van der Waals surface area contributed by atoms with Gasteiger partial charge in [-0.2, -0.15) is 0 Å². The van der Waals surface area contributed by atoms with E-state index in [-0.39, 0.29) is 19.1 Å². The molecule has 0 atom stereocenters. The van der Waals surface area contributed by atoms with Crippen LogP contribution < -0.4 is 19.5 Å². The van der Waals surface area contributed by atoms with Crippen LogP contribution in [0.1, 0.15) is 5.69 Å². The van der Waals surface area contributed by atoms with E-state index >= 15 is 0 Å². The number of carbonyl (C=O) groups excluding carboxylic acids is 1. The summed E-state index contributed by atoms with van der Waals surface area (Å²) in [5, 5.41) is 6.85. The van der Waals surface area contributed by atoms with Crippen molar-refractivity contribution < 1.29 is 23.5 Å². The molecule has 1 amide bonds. The Morgan fingerprint density at radius 2 is 1.68 bits per heavy atom. The minimum absolute atomic E-state index is 0.0936. The second-order valence-corrected chi connectivity index (χ2v) is 6.91. The third kappa shape index (κ3) is 4.35. The van der Waals surface area contributed by atoms with Crippen molar-refractivity contribution in [1.82, 2.24) is 5.16 Å². The third-order valence-corrected chi connectivity index (χ3v) is 4.67. The van der Waals surface area contributed by atoms with Gasteiger partial charge in [0.25, 0.3) is 0 Å². The van der Waals surface area contributed by atoms with Gasteiger partial charge in [-0.3, -0.25) is 4.79 Å². The fourth-order valence-electron chi connectivity index (χ4n) is 3.18. The van der Waals surface area contributed by atoms with Gasteiger partial charge in [0.1, 0.15) is 11.5 Å². The molecule has 154 valence electrons. The number of aromatic nitrogens is 1. The summed E-state index contributed by atoms with van der Waals surface area (Å²) in [6.45, 7) is 0.208. The SMILES string of the molecule is O=C(Cc1cc(-c2ccc3c(c2)OCO3)on1)Nc1ccc(Oc2ccccc2)cc1. The number of amides is 1. The maximum Gasteiger partial charge on any atom is 0.231 e. The molecule has 1 aliphatic rings. The van der Waals surface area contributed by atoms with E-state index in [0.717, 1.165) is 11.3 Å². The molecule has 7 heteroatoms. The number of fused-ring (bicyclic) bond motifs is 1. The highest BCUT2D eigenvalue weighted by Crippen LogP contribution is 2.36. The van der Waals surface area contributed by atoms with Gasteiger partial charge in [-0.1, -0.05) is 23.4 Å². The number of nitrogens with zero attached hydrogens (tertiary/aromatic N) is 1. The molecule has 0 radical (unpaired) electrons. The topological polar surface area (TPSA) is 82.8 Å². The number of rotatable bonds is 6. The van der Waals surface area contributed by atoms with Crippen LogP contribution in [-0.4, -0.2) is 17.9 Å². The van der Waals surface area contributed by atoms with Crippen molar-refractivity contribution in [1.29, 1.82) is 0 Å². The summed E-state index contributed by atoms with van der Waals surface area (Å²) in [5.74, 6) is 3.17. The number of para-hydroxylation sites is 1. The zero-order valence-electron chi connectivity index (χ0n) is 16.4. The molecular weight excluding hydrogens is 396 g/mol. The summed E-state index contributed by atoms with van der Waals surface area (Å²) in [4.78, 5) is 12.4. The van der Waals surface area contributed by atoms with Crippen molar-refractivity contribution in [2.24, 2.45) is 0 Å². The molecule has 0 saturated carbocycles. The molecular formula is C24H18N2O5. The number of hydrogen-bond donors (Lipinski definition) is 1. The van der Waals surface area contributed by atoms with Gasteiger partial charge in [-0.05, 0) is 54.6 Å². The van der Waals surface area contributed by atoms with Crippen molar-refractivity contribution in [3.63, 3.8) is 0 Å². The monoisotopic (exact) mass is 414 g/mol. The zero-order valence-corrected chi connectivity index (χ0v) is 16.4. The van der Waals surface area contributed by atoms with E-state index in [2.05, 4.69) is 10.5 Å². The summed E-state index contributed by atoms with van der Waals surface area (Å²) < 4.78 is 21.8. The van der Waals surface area contributed by atoms with Gasteiger partial charge >= 0.3 is 0 Å². The first-order valence-corrected chi connectivity index (χ1v) is 9.71. The molecule has 0 saturated heterocycles. The zero-order chi connectivity index (χ0) is 21.0. The van der Waals surface area contributed by atoms with E-state index in [9.17, 15) is 4.79 Å². The lowest BCUT2D eigenvalue weighted by Crippen LogP contribution is -2.14. The molecule has 0 fully saturated rings. The lowest BCUT2D eigenvalue weighted by atomic mass is 10.1. The van der Waals surface area contributed by atoms with Crippen molar-refractivity contribution in [3.05, 3.63) is 84.6 Å². The van der Waals surface area contributed by atoms with Crippen LogP contribution >= 0.6 is 0 Å². The fourth-order valence-corrected chi connectivity index (χ4v) is 3.18. The van der Waals surface area contributed by atoms with E-state index in [0.29, 0.717) is 34.4 Å². The molecule has 5 rings (SSSR count). The average molecular weight is 414 g/mol. The van der Waals surface area contributed by atoms with Gasteiger partial charge < -0.3 is 24.1 Å². The van der Waals surface area contributed by atoms with Crippen LogP contribution in [0.3, 0.4) is 0 Å². The number of benzene rings is 3. The predicted octanol–water partition coefficient (Wildman–Crippen LogP) is 5.04. The summed E-state index contributed by atoms with van der Waals surface area (Å²) in [6, 6.07) is 23.9. The first kappa shape index (κ1) is 18.7. The molecule has 31 heavy (non-hydrogen) atoms. The lowest BCUT2D eigenvalue weighted by Gasteiger charge is -2.07. The Labute approximate surface area is 178 Å². The minimum atomic E-state index is -0.192. The van der Waals surface area contributed by atoms with Gasteiger partial charge in [0, 0.05) is 17.3 Å². The second kappa shape index (κ2) is 8.23. The van der Waals surface area contributed by atoms with Crippen LogP contribution in [0, 0.1) is 0 Å². The molecule has 4 aromatic rings. The Hall–Kier alpha value is -4.26. The van der Waals surface area contributed by atoms with E-state index < -0.39 is 0 Å². The molecule has 0 aliphatic carbocycles. The Bertz CT molecular complexity index is 1200. The fraction of sp³-hybridized carbons (Fsp3) is 0.0833. The average Bonchev–Trinajstić information content (AvgIpc) is 3.45. The summed E-state index contributed by atoms with van der Waals surface area (Å²) >= 11 is 0. The molecule has 0 unspecified atom stereocenters. The molecule has 7 nitrogen and oxygen atoms in total. The van der Waals surface area contributed by atoms with Crippen LogP contribution in [0.5, 0.6) is 23.0 Å². The quantitative estimate of drug-likeness (QED) is 0.476. The first-order chi connectivity index (χ1) is 15.2. The Morgan fingerprint density at radius 3 is 2.52 bits per heavy atom. The van der Waals surface area contributed by atoms with Gasteiger partial charge in [0.2, 0.25) is 12.7 Å². The summed E-state index contributed by atoms with van der Waals surface area (Å²) in [7, 11) is 0. The van der Waals surface area contributed by atoms with Gasteiger partial charge in [-0.15, -0.1) is 0 Å². The molecule has 0 bridgehead atoms. The highest BCUT2D eigenvalue weighted by molar-refractivity contribution is 5.92. The van der Waals surface area contributed by atoms with E-state index in [1.54, 1.807) is 30.3 Å². The molecule has 0 spiro atoms. The van der Waals surface area contributed by atoms with E-state index in [1.165, 1.54) is 0 Å². The summed E-state index contributed by atoms with van der Waals surface area (Å²) in [5.41, 5.74) is 2.01. The van der Waals surface area contributed by atoms with Crippen molar-refractivity contribution >= 4 is 11.6 Å². The number of ether oxygens (including phenoxy) is 3. The minimum Gasteiger partial charge on any atom is -0.457 e. The van der Waals surface area contributed by atoms with Crippen LogP contribution in [0.25, 0.3) is 11.3 Å². The van der Waals surface area contributed by atoms with Crippen LogP contribution in [-0.2, 0) is 11.2 Å². The maximum atomic E-state index is 12.4. The standard InChI is InChI=1S/C24H18N2O5/c27-24(25-17-7-9-20(10-8-17)30-19-4-2-1-3-5-19)14-18-13-22(31-26-18)16-6-11-21-23(12-16)29-15-28-21/h1-13H,14-15H2,(H,25,27). The van der Waals surface area contributed by atoms with Crippen LogP contribution in [0.2, 0.25) is 0 Å². The van der Waals surface area contributed by atoms with Gasteiger partial charge in [0.15, 0.2) is 17.3 Å². The predicted molar refractivity (Wildman–Crippen MR) is 113 cm³/mol. The number of hydrogen-bond acceptors (Lipinski definition) is 6. The second-order valence-electron chi connectivity index (χ2n) is 6.91. The first-order valence-electron chi connectivity index (χ1n) is 9.71. The largest absolute Gasteiger partial charge is 0.457 e. The molecule has 1 aromatic heterocycles. The smallest absolute Gasteiger partial charge is 0.231 e. The number of anilines is 1. The molecule has 1 aliphatic heterocycles. The lowest BCUT2D eigenvalue weighted by molar-refractivity contribution is -0.115. The van der Waals surface area contributed by atoms with Crippen molar-refractivity contribution in [2.75, 3.05) is 12.1 Å². The normalized spacial score (nSPS) is 11.9. The molecule has 3 aromatic carbocycles. The maximum absolute atomic E-state index is 12.4.